The first-order chi connectivity index (χ1) is 13.3. The van der Waals surface area contributed by atoms with Crippen LogP contribution >= 0.6 is 0 Å². The van der Waals surface area contributed by atoms with E-state index in [4.69, 9.17) is 13.9 Å². The largest absolute Gasteiger partial charge is 0.472 e. The Bertz CT molecular complexity index is 779. The van der Waals surface area contributed by atoms with Crippen molar-refractivity contribution in [3.8, 4) is 0 Å². The zero-order valence-electron chi connectivity index (χ0n) is 16.5. The summed E-state index contributed by atoms with van der Waals surface area (Å²) >= 11 is 0. The Balaban J connectivity index is 1.70. The van der Waals surface area contributed by atoms with Crippen LogP contribution in [0.3, 0.4) is 0 Å². The Morgan fingerprint density at radius 2 is 1.96 bits per heavy atom. The average Bonchev–Trinajstić information content (AvgIpc) is 3.24. The molecule has 3 rings (SSSR count). The van der Waals surface area contributed by atoms with Gasteiger partial charge >= 0.3 is 12.1 Å². The minimum Gasteiger partial charge on any atom is -0.472 e. The van der Waals surface area contributed by atoms with Crippen molar-refractivity contribution in [3.63, 3.8) is 0 Å². The van der Waals surface area contributed by atoms with Crippen molar-refractivity contribution < 1.29 is 23.5 Å². The molecule has 6 heteroatoms. The second-order valence-electron chi connectivity index (χ2n) is 8.19. The predicted molar refractivity (Wildman–Crippen MR) is 104 cm³/mol. The highest BCUT2D eigenvalue weighted by atomic mass is 16.6. The number of furan rings is 1. The fourth-order valence-corrected chi connectivity index (χ4v) is 3.38. The van der Waals surface area contributed by atoms with Crippen LogP contribution in [0.2, 0.25) is 0 Å². The smallest absolute Gasteiger partial charge is 0.408 e. The van der Waals surface area contributed by atoms with Crippen LogP contribution in [0.15, 0.2) is 53.3 Å². The highest BCUT2D eigenvalue weighted by Crippen LogP contribution is 2.28. The van der Waals surface area contributed by atoms with Crippen LogP contribution in [0.4, 0.5) is 4.79 Å². The number of nitrogens with one attached hydrogen (secondary N) is 1. The quantitative estimate of drug-likeness (QED) is 0.764. The number of alkyl carbamates (subject to hydrolysis) is 1. The molecule has 1 amide bonds. The second kappa shape index (κ2) is 8.50. The van der Waals surface area contributed by atoms with Crippen molar-refractivity contribution in [1.82, 2.24) is 5.32 Å². The van der Waals surface area contributed by atoms with Gasteiger partial charge in [0.1, 0.15) is 11.7 Å². The lowest BCUT2D eigenvalue weighted by Gasteiger charge is -2.26. The van der Waals surface area contributed by atoms with Gasteiger partial charge in [-0.1, -0.05) is 30.3 Å². The molecule has 0 radical (unpaired) electrons. The van der Waals surface area contributed by atoms with E-state index in [1.54, 1.807) is 12.5 Å². The number of ether oxygens (including phenoxy) is 2. The normalized spacial score (nSPS) is 20.5. The van der Waals surface area contributed by atoms with Crippen LogP contribution in [-0.4, -0.2) is 29.8 Å². The zero-order valence-corrected chi connectivity index (χ0v) is 16.5. The Kier molecular flexibility index (Phi) is 6.07. The van der Waals surface area contributed by atoms with Gasteiger partial charge in [0.15, 0.2) is 0 Å². The number of hydrogen-bond donors (Lipinski definition) is 1. The molecule has 6 nitrogen and oxygen atoms in total. The van der Waals surface area contributed by atoms with Crippen LogP contribution in [0.5, 0.6) is 0 Å². The minimum absolute atomic E-state index is 0.241. The summed E-state index contributed by atoms with van der Waals surface area (Å²) in [5.74, 6) is -0.489. The average molecular weight is 385 g/mol. The Hall–Kier alpha value is -2.76. The van der Waals surface area contributed by atoms with E-state index in [0.29, 0.717) is 19.3 Å². The monoisotopic (exact) mass is 385 g/mol. The number of benzene rings is 1. The van der Waals surface area contributed by atoms with Gasteiger partial charge in [-0.25, -0.2) is 4.79 Å². The molecule has 1 N–H and O–H groups in total. The number of rotatable bonds is 6. The molecule has 2 heterocycles. The molecule has 0 bridgehead atoms. The van der Waals surface area contributed by atoms with E-state index in [2.05, 4.69) is 5.32 Å². The number of esters is 1. The number of amides is 1. The molecule has 0 unspecified atom stereocenters. The fourth-order valence-electron chi connectivity index (χ4n) is 3.38. The van der Waals surface area contributed by atoms with Crippen LogP contribution in [-0.2, 0) is 27.1 Å². The van der Waals surface area contributed by atoms with Crippen molar-refractivity contribution >= 4 is 12.1 Å². The summed E-state index contributed by atoms with van der Waals surface area (Å²) in [5, 5.41) is 2.91. The maximum atomic E-state index is 12.4. The van der Waals surface area contributed by atoms with E-state index in [0.717, 1.165) is 11.1 Å². The first-order valence-electron chi connectivity index (χ1n) is 9.55. The fraction of sp³-hybridized carbons (Fsp3) is 0.455. The molecule has 0 saturated carbocycles. The Labute approximate surface area is 165 Å². The molecule has 150 valence electrons. The van der Waals surface area contributed by atoms with Gasteiger partial charge in [-0.05, 0) is 50.8 Å². The molecule has 1 aliphatic heterocycles. The molecule has 3 atom stereocenters. The summed E-state index contributed by atoms with van der Waals surface area (Å²) < 4.78 is 16.1. The third-order valence-corrected chi connectivity index (χ3v) is 4.63. The van der Waals surface area contributed by atoms with Crippen LogP contribution in [0.1, 0.15) is 38.3 Å². The molecular weight excluding hydrogens is 358 g/mol. The second-order valence-corrected chi connectivity index (χ2v) is 8.19. The van der Waals surface area contributed by atoms with Gasteiger partial charge in [0, 0.05) is 6.42 Å². The van der Waals surface area contributed by atoms with E-state index in [1.807, 2.05) is 57.2 Å². The van der Waals surface area contributed by atoms with Gasteiger partial charge in [0.05, 0.1) is 24.5 Å². The summed E-state index contributed by atoms with van der Waals surface area (Å²) in [6.45, 7) is 5.44. The molecule has 2 aromatic rings. The van der Waals surface area contributed by atoms with Crippen LogP contribution in [0.25, 0.3) is 0 Å². The van der Waals surface area contributed by atoms with Crippen molar-refractivity contribution in [2.45, 2.75) is 57.8 Å². The molecular formula is C22H27NO5. The lowest BCUT2D eigenvalue weighted by molar-refractivity contribution is -0.145. The van der Waals surface area contributed by atoms with Crippen molar-refractivity contribution in [2.75, 3.05) is 0 Å². The van der Waals surface area contributed by atoms with E-state index in [9.17, 15) is 9.59 Å². The molecule has 1 aromatic heterocycles. The zero-order chi connectivity index (χ0) is 20.1. The molecule has 1 aromatic carbocycles. The van der Waals surface area contributed by atoms with Gasteiger partial charge < -0.3 is 19.2 Å². The van der Waals surface area contributed by atoms with E-state index >= 15 is 0 Å². The molecule has 0 aliphatic carbocycles. The van der Waals surface area contributed by atoms with E-state index in [-0.39, 0.29) is 17.9 Å². The number of hydrogen-bond acceptors (Lipinski definition) is 5. The summed E-state index contributed by atoms with van der Waals surface area (Å²) in [7, 11) is 0. The third-order valence-electron chi connectivity index (χ3n) is 4.63. The summed E-state index contributed by atoms with van der Waals surface area (Å²) in [4.78, 5) is 24.7. The molecule has 0 spiro atoms. The topological polar surface area (TPSA) is 77.8 Å². The number of cyclic esters (lactones) is 1. The maximum absolute atomic E-state index is 12.4. The number of carbonyl (C=O) groups is 2. The lowest BCUT2D eigenvalue weighted by atomic mass is 9.93. The standard InChI is InChI=1S/C22H27NO5/c1-22(2,3)28-21(25)23-18(12-15-7-5-4-6-8-15)19-13-17(20(24)27-19)11-16-9-10-26-14-16/h4-10,14,17-19H,11-13H2,1-3H3,(H,23,25)/t17-,18-,19+/m0/s1. The first kappa shape index (κ1) is 20.0. The highest BCUT2D eigenvalue weighted by Gasteiger charge is 2.40. The molecule has 1 fully saturated rings. The maximum Gasteiger partial charge on any atom is 0.408 e. The lowest BCUT2D eigenvalue weighted by Crippen LogP contribution is -2.46. The van der Waals surface area contributed by atoms with Crippen molar-refractivity contribution in [2.24, 2.45) is 5.92 Å². The summed E-state index contributed by atoms with van der Waals surface area (Å²) in [6.07, 6.45) is 3.97. The molecule has 28 heavy (non-hydrogen) atoms. The highest BCUT2D eigenvalue weighted by molar-refractivity contribution is 5.75. The van der Waals surface area contributed by atoms with E-state index in [1.165, 1.54) is 0 Å². The number of carbonyl (C=O) groups excluding carboxylic acids is 2. The molecule has 1 saturated heterocycles. The van der Waals surface area contributed by atoms with Gasteiger partial charge in [-0.3, -0.25) is 4.79 Å². The third kappa shape index (κ3) is 5.62. The van der Waals surface area contributed by atoms with Gasteiger partial charge in [-0.2, -0.15) is 0 Å². The van der Waals surface area contributed by atoms with Gasteiger partial charge in [-0.15, -0.1) is 0 Å². The van der Waals surface area contributed by atoms with E-state index < -0.39 is 17.8 Å². The minimum atomic E-state index is -0.600. The summed E-state index contributed by atoms with van der Waals surface area (Å²) in [5.41, 5.74) is 1.41. The van der Waals surface area contributed by atoms with Crippen molar-refractivity contribution in [1.29, 1.82) is 0 Å². The van der Waals surface area contributed by atoms with Crippen LogP contribution < -0.4 is 5.32 Å². The van der Waals surface area contributed by atoms with Gasteiger partial charge in [0.2, 0.25) is 0 Å². The van der Waals surface area contributed by atoms with Crippen LogP contribution in [0, 0.1) is 5.92 Å². The molecule has 1 aliphatic rings. The first-order valence-corrected chi connectivity index (χ1v) is 9.55. The Morgan fingerprint density at radius 1 is 1.21 bits per heavy atom. The van der Waals surface area contributed by atoms with Gasteiger partial charge in [0.25, 0.3) is 0 Å². The predicted octanol–water partition coefficient (Wildman–Crippen LogP) is 3.89. The Morgan fingerprint density at radius 3 is 2.61 bits per heavy atom. The SMILES string of the molecule is CC(C)(C)OC(=O)N[C@@H](Cc1ccccc1)[C@H]1C[C@H](Cc2ccoc2)C(=O)O1. The van der Waals surface area contributed by atoms with Crippen molar-refractivity contribution in [3.05, 3.63) is 60.1 Å². The summed E-state index contributed by atoms with van der Waals surface area (Å²) in [6, 6.07) is 11.3.